The first-order chi connectivity index (χ1) is 15.9. The minimum Gasteiger partial charge on any atom is -0.444 e. The van der Waals surface area contributed by atoms with Gasteiger partial charge in [-0.2, -0.15) is 30.7 Å². The zero-order valence-electron chi connectivity index (χ0n) is 18.5. The van der Waals surface area contributed by atoms with Crippen molar-refractivity contribution in [1.82, 2.24) is 5.32 Å². The zero-order chi connectivity index (χ0) is 26.8. The van der Waals surface area contributed by atoms with Crippen LogP contribution in [0, 0.1) is 5.82 Å². The maximum absolute atomic E-state index is 14.2. The minimum absolute atomic E-state index is 0.0767. The van der Waals surface area contributed by atoms with Crippen LogP contribution in [0.5, 0.6) is 5.75 Å². The van der Waals surface area contributed by atoms with E-state index in [2.05, 4.69) is 10.1 Å². The first-order valence-electron chi connectivity index (χ1n) is 9.89. The molecule has 2 aromatic rings. The third-order valence-electron chi connectivity index (χ3n) is 4.29. The van der Waals surface area contributed by atoms with Gasteiger partial charge >= 0.3 is 24.8 Å². The second-order valence-corrected chi connectivity index (χ2v) is 8.36. The molecule has 0 spiro atoms. The van der Waals surface area contributed by atoms with E-state index in [0.29, 0.717) is 12.1 Å². The Balaban J connectivity index is 2.38. The summed E-state index contributed by atoms with van der Waals surface area (Å²) in [4.78, 5) is 11.8. The summed E-state index contributed by atoms with van der Waals surface area (Å²) < 4.78 is 114. The number of ether oxygens (including phenoxy) is 2. The van der Waals surface area contributed by atoms with Gasteiger partial charge in [0.05, 0.1) is 5.56 Å². The van der Waals surface area contributed by atoms with Gasteiger partial charge in [0.25, 0.3) is 0 Å². The van der Waals surface area contributed by atoms with Gasteiger partial charge in [0.15, 0.2) is 0 Å². The highest BCUT2D eigenvalue weighted by molar-refractivity contribution is 5.67. The molecule has 1 amide bonds. The number of benzene rings is 2. The Bertz CT molecular complexity index is 1050. The number of alkyl carbamates (subject to hydrolysis) is 1. The fourth-order valence-electron chi connectivity index (χ4n) is 2.78. The first-order valence-corrected chi connectivity index (χ1v) is 9.89. The molecule has 0 aliphatic carbocycles. The number of aliphatic hydroxyl groups excluding tert-OH is 1. The van der Waals surface area contributed by atoms with Gasteiger partial charge < -0.3 is 19.9 Å². The van der Waals surface area contributed by atoms with Gasteiger partial charge in [0.2, 0.25) is 0 Å². The molecule has 0 saturated carbocycles. The fraction of sp³-hybridized carbons (Fsp3) is 0.409. The van der Waals surface area contributed by atoms with Crippen LogP contribution in [0.15, 0.2) is 36.4 Å². The minimum atomic E-state index is -5.10. The van der Waals surface area contributed by atoms with Crippen molar-refractivity contribution in [3.63, 3.8) is 0 Å². The van der Waals surface area contributed by atoms with E-state index in [1.54, 1.807) is 20.8 Å². The highest BCUT2D eigenvalue weighted by Crippen LogP contribution is 2.37. The third-order valence-corrected chi connectivity index (χ3v) is 4.29. The van der Waals surface area contributed by atoms with E-state index in [1.165, 1.54) is 0 Å². The fourth-order valence-corrected chi connectivity index (χ4v) is 2.78. The smallest absolute Gasteiger partial charge is 0.444 e. The molecular formula is C22H21F8NO4. The Hall–Kier alpha value is -3.09. The van der Waals surface area contributed by atoms with Gasteiger partial charge in [-0.3, -0.25) is 0 Å². The molecule has 0 heterocycles. The summed E-state index contributed by atoms with van der Waals surface area (Å²) in [6.45, 7) is 4.36. The predicted octanol–water partition coefficient (Wildman–Crippen LogP) is 6.19. The normalized spacial score (nSPS) is 13.5. The molecule has 0 fully saturated rings. The highest BCUT2D eigenvalue weighted by atomic mass is 19.4. The lowest BCUT2D eigenvalue weighted by Gasteiger charge is -2.21. The molecular weight excluding hydrogens is 494 g/mol. The quantitative estimate of drug-likeness (QED) is 0.432. The molecule has 1 atom stereocenters. The van der Waals surface area contributed by atoms with Gasteiger partial charge in [-0.1, -0.05) is 6.07 Å². The molecule has 0 aromatic heterocycles. The van der Waals surface area contributed by atoms with Gasteiger partial charge in [-0.05, 0) is 62.2 Å². The van der Waals surface area contributed by atoms with E-state index in [0.717, 1.165) is 18.2 Å². The van der Waals surface area contributed by atoms with E-state index in [1.807, 2.05) is 0 Å². The molecule has 0 aliphatic heterocycles. The lowest BCUT2D eigenvalue weighted by atomic mass is 9.97. The van der Waals surface area contributed by atoms with Crippen LogP contribution in [0.25, 0.3) is 0 Å². The Kier molecular flexibility index (Phi) is 8.25. The largest absolute Gasteiger partial charge is 0.461 e. The van der Waals surface area contributed by atoms with E-state index >= 15 is 0 Å². The van der Waals surface area contributed by atoms with Gasteiger partial charge in [-0.15, -0.1) is 0 Å². The van der Waals surface area contributed by atoms with Crippen molar-refractivity contribution in [2.45, 2.75) is 57.7 Å². The Morgan fingerprint density at radius 2 is 1.63 bits per heavy atom. The van der Waals surface area contributed by atoms with Crippen molar-refractivity contribution in [2.75, 3.05) is 0 Å². The van der Waals surface area contributed by atoms with Crippen LogP contribution >= 0.6 is 0 Å². The number of alkyl halides is 7. The van der Waals surface area contributed by atoms with Crippen molar-refractivity contribution >= 4 is 6.09 Å². The molecule has 0 radical (unpaired) electrons. The van der Waals surface area contributed by atoms with Gasteiger partial charge in [0, 0.05) is 12.1 Å². The van der Waals surface area contributed by atoms with E-state index in [4.69, 9.17) is 4.74 Å². The van der Waals surface area contributed by atoms with Crippen molar-refractivity contribution in [3.8, 4) is 5.75 Å². The second-order valence-electron chi connectivity index (χ2n) is 8.36. The average Bonchev–Trinajstić information content (AvgIpc) is 2.70. The van der Waals surface area contributed by atoms with E-state index in [-0.39, 0.29) is 17.2 Å². The van der Waals surface area contributed by atoms with E-state index in [9.17, 15) is 45.0 Å². The molecule has 0 saturated heterocycles. The van der Waals surface area contributed by atoms with Crippen LogP contribution < -0.4 is 10.1 Å². The number of amides is 1. The molecule has 2 N–H and O–H groups in total. The summed E-state index contributed by atoms with van der Waals surface area (Å²) >= 11 is 0. The number of hydrogen-bond acceptors (Lipinski definition) is 4. The molecule has 5 nitrogen and oxygen atoms in total. The van der Waals surface area contributed by atoms with Crippen LogP contribution in [0.4, 0.5) is 39.9 Å². The summed E-state index contributed by atoms with van der Waals surface area (Å²) in [5, 5.41) is 12.8. The van der Waals surface area contributed by atoms with Crippen LogP contribution in [-0.2, 0) is 17.5 Å². The topological polar surface area (TPSA) is 67.8 Å². The van der Waals surface area contributed by atoms with Crippen molar-refractivity contribution in [3.05, 3.63) is 64.5 Å². The summed E-state index contributed by atoms with van der Waals surface area (Å²) in [5.41, 5.74) is -3.40. The zero-order valence-corrected chi connectivity index (χ0v) is 18.5. The average molecular weight is 515 g/mol. The monoisotopic (exact) mass is 515 g/mol. The molecule has 13 heteroatoms. The highest BCUT2D eigenvalue weighted by Gasteiger charge is 2.44. The van der Waals surface area contributed by atoms with Crippen LogP contribution in [0.2, 0.25) is 0 Å². The second kappa shape index (κ2) is 10.3. The summed E-state index contributed by atoms with van der Waals surface area (Å²) in [6, 6.07) is 3.89. The first kappa shape index (κ1) is 28.1. The SMILES string of the molecule is CC(C)(C)OC(=O)NCc1cc(C(O)c2cc(OC(F)(F)C(F)F)cc(C(F)(F)F)c2)ccc1F. The summed E-state index contributed by atoms with van der Waals surface area (Å²) in [7, 11) is 0. The number of rotatable bonds is 7. The number of nitrogens with one attached hydrogen (secondary N) is 1. The number of carbonyl (C=O) groups excluding carboxylic acids is 1. The Morgan fingerprint density at radius 3 is 2.17 bits per heavy atom. The van der Waals surface area contributed by atoms with Crippen molar-refractivity contribution < 1.29 is 54.5 Å². The van der Waals surface area contributed by atoms with Crippen LogP contribution in [-0.4, -0.2) is 29.3 Å². The summed E-state index contributed by atoms with van der Waals surface area (Å²) in [6.07, 6.45) is -17.3. The molecule has 2 aromatic carbocycles. The lowest BCUT2D eigenvalue weighted by Crippen LogP contribution is -2.33. The van der Waals surface area contributed by atoms with Crippen molar-refractivity contribution in [1.29, 1.82) is 0 Å². The number of halogens is 8. The van der Waals surface area contributed by atoms with Crippen LogP contribution in [0.1, 0.15) is 49.1 Å². The van der Waals surface area contributed by atoms with Crippen molar-refractivity contribution in [2.24, 2.45) is 0 Å². The Labute approximate surface area is 194 Å². The lowest BCUT2D eigenvalue weighted by molar-refractivity contribution is -0.253. The predicted molar refractivity (Wildman–Crippen MR) is 107 cm³/mol. The molecule has 2 rings (SSSR count). The van der Waals surface area contributed by atoms with Crippen LogP contribution in [0.3, 0.4) is 0 Å². The van der Waals surface area contributed by atoms with E-state index < -0.39 is 65.7 Å². The Morgan fingerprint density at radius 1 is 1.00 bits per heavy atom. The van der Waals surface area contributed by atoms with Gasteiger partial charge in [-0.25, -0.2) is 9.18 Å². The summed E-state index contributed by atoms with van der Waals surface area (Å²) in [5.74, 6) is -2.10. The maximum atomic E-state index is 14.2. The van der Waals surface area contributed by atoms with Gasteiger partial charge in [0.1, 0.15) is 23.3 Å². The molecule has 194 valence electrons. The maximum Gasteiger partial charge on any atom is 0.461 e. The number of aliphatic hydroxyl groups is 1. The third kappa shape index (κ3) is 7.98. The molecule has 35 heavy (non-hydrogen) atoms. The molecule has 0 aliphatic rings. The number of carbonyl (C=O) groups is 1. The number of hydrogen-bond donors (Lipinski definition) is 2. The standard InChI is InChI=1S/C22H21F8NO4/c1-20(2,3)35-19(33)31-10-13-6-11(4-5-16(13)23)17(32)12-7-14(21(26,27)28)9-15(8-12)34-22(29,30)18(24)25/h4-9,17-18,32H,10H2,1-3H3,(H,31,33). The molecule has 0 bridgehead atoms. The molecule has 1 unspecified atom stereocenters.